The molecule has 20 heavy (non-hydrogen) atoms. The lowest BCUT2D eigenvalue weighted by Gasteiger charge is -2.28. The van der Waals surface area contributed by atoms with Crippen molar-refractivity contribution in [1.82, 2.24) is 4.90 Å². The first-order valence-corrected chi connectivity index (χ1v) is 8.03. The van der Waals surface area contributed by atoms with Crippen molar-refractivity contribution in [2.24, 2.45) is 17.8 Å². The Balaban J connectivity index is 1.54. The lowest BCUT2D eigenvalue weighted by molar-refractivity contribution is -0.143. The van der Waals surface area contributed by atoms with E-state index in [9.17, 15) is 9.59 Å². The molecule has 0 aromatic carbocycles. The fourth-order valence-corrected chi connectivity index (χ4v) is 4.62. The Morgan fingerprint density at radius 3 is 2.65 bits per heavy atom. The third-order valence-electron chi connectivity index (χ3n) is 5.65. The molecule has 4 atom stereocenters. The normalized spacial score (nSPS) is 35.5. The second-order valence-corrected chi connectivity index (χ2v) is 6.80. The lowest BCUT2D eigenvalue weighted by atomic mass is 9.86. The number of likely N-dealkylation sites (tertiary alicyclic amines) is 1. The zero-order chi connectivity index (χ0) is 14.1. The van der Waals surface area contributed by atoms with Gasteiger partial charge in [0.2, 0.25) is 5.91 Å². The summed E-state index contributed by atoms with van der Waals surface area (Å²) in [6.07, 6.45) is 8.34. The van der Waals surface area contributed by atoms with Crippen molar-refractivity contribution in [1.29, 1.82) is 0 Å². The van der Waals surface area contributed by atoms with Gasteiger partial charge >= 0.3 is 5.97 Å². The van der Waals surface area contributed by atoms with Gasteiger partial charge in [0.05, 0.1) is 13.5 Å². The van der Waals surface area contributed by atoms with Gasteiger partial charge in [-0.3, -0.25) is 9.59 Å². The van der Waals surface area contributed by atoms with Crippen molar-refractivity contribution in [3.05, 3.63) is 0 Å². The van der Waals surface area contributed by atoms with E-state index in [-0.39, 0.29) is 17.9 Å². The van der Waals surface area contributed by atoms with Crippen molar-refractivity contribution >= 4 is 11.9 Å². The first kappa shape index (κ1) is 13.9. The molecule has 0 N–H and O–H groups in total. The molecule has 1 saturated heterocycles. The topological polar surface area (TPSA) is 46.6 Å². The highest BCUT2D eigenvalue weighted by Crippen LogP contribution is 2.49. The molecular weight excluding hydrogens is 254 g/mol. The third kappa shape index (κ3) is 2.70. The molecule has 3 unspecified atom stereocenters. The van der Waals surface area contributed by atoms with Crippen LogP contribution in [0.3, 0.4) is 0 Å². The molecule has 1 aliphatic heterocycles. The minimum Gasteiger partial charge on any atom is -0.469 e. The molecule has 2 saturated carbocycles. The van der Waals surface area contributed by atoms with Crippen LogP contribution in [0.1, 0.15) is 51.4 Å². The van der Waals surface area contributed by atoms with Gasteiger partial charge in [-0.1, -0.05) is 6.42 Å². The number of fused-ring (bicyclic) bond motifs is 2. The van der Waals surface area contributed by atoms with Crippen LogP contribution in [0.25, 0.3) is 0 Å². The van der Waals surface area contributed by atoms with E-state index < -0.39 is 0 Å². The van der Waals surface area contributed by atoms with Gasteiger partial charge in [-0.25, -0.2) is 0 Å². The first-order chi connectivity index (χ1) is 9.67. The Morgan fingerprint density at radius 1 is 1.15 bits per heavy atom. The molecule has 3 aliphatic rings. The molecule has 3 fully saturated rings. The van der Waals surface area contributed by atoms with Gasteiger partial charge in [0.25, 0.3) is 0 Å². The van der Waals surface area contributed by atoms with Gasteiger partial charge in [-0.2, -0.15) is 0 Å². The van der Waals surface area contributed by atoms with E-state index >= 15 is 0 Å². The van der Waals surface area contributed by atoms with E-state index in [4.69, 9.17) is 4.74 Å². The van der Waals surface area contributed by atoms with Crippen LogP contribution < -0.4 is 0 Å². The van der Waals surface area contributed by atoms with Gasteiger partial charge in [0, 0.05) is 19.0 Å². The fraction of sp³-hybridized carbons (Fsp3) is 0.875. The van der Waals surface area contributed by atoms with Gasteiger partial charge in [0.15, 0.2) is 0 Å². The zero-order valence-electron chi connectivity index (χ0n) is 12.3. The molecule has 0 spiro atoms. The predicted octanol–water partition coefficient (Wildman–Crippen LogP) is 2.37. The summed E-state index contributed by atoms with van der Waals surface area (Å²) in [5.74, 6) is 2.37. The van der Waals surface area contributed by atoms with Crippen LogP contribution >= 0.6 is 0 Å². The third-order valence-corrected chi connectivity index (χ3v) is 5.65. The fourth-order valence-electron chi connectivity index (χ4n) is 4.62. The number of carbonyl (C=O) groups excluding carboxylic acids is 2. The average molecular weight is 279 g/mol. The van der Waals surface area contributed by atoms with Gasteiger partial charge < -0.3 is 9.64 Å². The monoisotopic (exact) mass is 279 g/mol. The quantitative estimate of drug-likeness (QED) is 0.742. The molecule has 2 bridgehead atoms. The summed E-state index contributed by atoms with van der Waals surface area (Å²) in [6.45, 7) is 0.821. The Labute approximate surface area is 120 Å². The van der Waals surface area contributed by atoms with Crippen LogP contribution in [-0.2, 0) is 14.3 Å². The number of carbonyl (C=O) groups is 2. The Bertz CT molecular complexity index is 395. The standard InChI is InChI=1S/C16H25NO3/c1-20-16(19)10-14-3-2-6-17(14)15(18)9-13-8-11-4-5-12(13)7-11/h11-14H,2-10H2,1H3/t11?,12?,13?,14-/m1/s1. The molecule has 1 heterocycles. The van der Waals surface area contributed by atoms with E-state index in [1.807, 2.05) is 4.90 Å². The molecule has 0 radical (unpaired) electrons. The first-order valence-electron chi connectivity index (χ1n) is 8.03. The number of hydrogen-bond donors (Lipinski definition) is 0. The highest BCUT2D eigenvalue weighted by molar-refractivity contribution is 5.78. The maximum Gasteiger partial charge on any atom is 0.307 e. The molecule has 112 valence electrons. The number of amides is 1. The van der Waals surface area contributed by atoms with E-state index in [0.717, 1.165) is 31.2 Å². The van der Waals surface area contributed by atoms with Crippen LogP contribution in [0.4, 0.5) is 0 Å². The van der Waals surface area contributed by atoms with E-state index in [1.54, 1.807) is 0 Å². The van der Waals surface area contributed by atoms with Gasteiger partial charge in [0.1, 0.15) is 0 Å². The van der Waals surface area contributed by atoms with Crippen molar-refractivity contribution < 1.29 is 14.3 Å². The minimum atomic E-state index is -0.199. The van der Waals surface area contributed by atoms with E-state index in [1.165, 1.54) is 32.8 Å². The summed E-state index contributed by atoms with van der Waals surface area (Å²) in [6, 6.07) is 0.0774. The number of ether oxygens (including phenoxy) is 1. The second-order valence-electron chi connectivity index (χ2n) is 6.80. The molecule has 0 aromatic rings. The summed E-state index contributed by atoms with van der Waals surface area (Å²) in [4.78, 5) is 25.9. The van der Waals surface area contributed by atoms with E-state index in [2.05, 4.69) is 0 Å². The summed E-state index contributed by atoms with van der Waals surface area (Å²) in [5.41, 5.74) is 0. The molecular formula is C16H25NO3. The van der Waals surface area contributed by atoms with Crippen LogP contribution in [0.2, 0.25) is 0 Å². The van der Waals surface area contributed by atoms with Crippen LogP contribution in [0.5, 0.6) is 0 Å². The maximum absolute atomic E-state index is 12.5. The van der Waals surface area contributed by atoms with Crippen LogP contribution in [-0.4, -0.2) is 36.5 Å². The smallest absolute Gasteiger partial charge is 0.307 e. The maximum atomic E-state index is 12.5. The highest BCUT2D eigenvalue weighted by Gasteiger charge is 2.41. The number of esters is 1. The summed E-state index contributed by atoms with van der Waals surface area (Å²) in [5, 5.41) is 0. The van der Waals surface area contributed by atoms with E-state index in [0.29, 0.717) is 18.8 Å². The molecule has 2 aliphatic carbocycles. The zero-order valence-corrected chi connectivity index (χ0v) is 12.3. The number of methoxy groups -OCH3 is 1. The molecule has 0 aromatic heterocycles. The highest BCUT2D eigenvalue weighted by atomic mass is 16.5. The average Bonchev–Trinajstić information content (AvgIpc) is 3.14. The Morgan fingerprint density at radius 2 is 2.00 bits per heavy atom. The predicted molar refractivity (Wildman–Crippen MR) is 74.9 cm³/mol. The van der Waals surface area contributed by atoms with Crippen LogP contribution in [0, 0.1) is 17.8 Å². The van der Waals surface area contributed by atoms with Gasteiger partial charge in [-0.05, 0) is 49.9 Å². The largest absolute Gasteiger partial charge is 0.469 e. The van der Waals surface area contributed by atoms with Crippen molar-refractivity contribution in [2.45, 2.75) is 57.4 Å². The number of hydrogen-bond acceptors (Lipinski definition) is 3. The van der Waals surface area contributed by atoms with Crippen molar-refractivity contribution in [3.63, 3.8) is 0 Å². The Kier molecular flexibility index (Phi) is 3.99. The second kappa shape index (κ2) is 5.74. The number of rotatable bonds is 4. The molecule has 1 amide bonds. The summed E-state index contributed by atoms with van der Waals surface area (Å²) in [7, 11) is 1.42. The van der Waals surface area contributed by atoms with Crippen LogP contribution in [0.15, 0.2) is 0 Å². The van der Waals surface area contributed by atoms with Gasteiger partial charge in [-0.15, -0.1) is 0 Å². The Hall–Kier alpha value is -1.06. The minimum absolute atomic E-state index is 0.0774. The molecule has 4 nitrogen and oxygen atoms in total. The van der Waals surface area contributed by atoms with Crippen molar-refractivity contribution in [3.8, 4) is 0 Å². The molecule has 3 rings (SSSR count). The lowest BCUT2D eigenvalue weighted by Crippen LogP contribution is -2.38. The summed E-state index contributed by atoms with van der Waals surface area (Å²) < 4.78 is 4.74. The molecule has 4 heteroatoms. The number of nitrogens with zero attached hydrogens (tertiary/aromatic N) is 1. The summed E-state index contributed by atoms with van der Waals surface area (Å²) >= 11 is 0. The van der Waals surface area contributed by atoms with Crippen molar-refractivity contribution in [2.75, 3.05) is 13.7 Å². The SMILES string of the molecule is COC(=O)C[C@H]1CCCN1C(=O)CC1CC2CCC1C2.